The third kappa shape index (κ3) is 7.96. The number of piperazine rings is 1. The number of non-ortho nitro benzene ring substituents is 1. The van der Waals surface area contributed by atoms with Gasteiger partial charge in [-0.1, -0.05) is 58.4 Å². The first-order chi connectivity index (χ1) is 18.0. The van der Waals surface area contributed by atoms with Crippen LogP contribution in [-0.2, 0) is 0 Å². The van der Waals surface area contributed by atoms with Crippen LogP contribution in [0.1, 0.15) is 24.0 Å². The molecule has 1 saturated heterocycles. The second kappa shape index (κ2) is 14.8. The van der Waals surface area contributed by atoms with Crippen LogP contribution < -0.4 is 14.4 Å². The maximum absolute atomic E-state index is 11.3. The number of hydrogen-bond acceptors (Lipinski definition) is 6. The van der Waals surface area contributed by atoms with E-state index in [9.17, 15) is 10.1 Å². The van der Waals surface area contributed by atoms with Crippen LogP contribution >= 0.6 is 28.3 Å². The van der Waals surface area contributed by atoms with Gasteiger partial charge in [0.1, 0.15) is 11.5 Å². The first kappa shape index (κ1) is 29.5. The SMILES string of the molecule is COc1ccccc1N1CCN(CCCCOc2ccc([N+](=O)[O-])cc2/C=C/c2ccccc2Br)CC1.Cl. The van der Waals surface area contributed by atoms with E-state index in [2.05, 4.69) is 37.9 Å². The predicted octanol–water partition coefficient (Wildman–Crippen LogP) is 6.94. The van der Waals surface area contributed by atoms with Gasteiger partial charge in [0.25, 0.3) is 5.69 Å². The summed E-state index contributed by atoms with van der Waals surface area (Å²) in [6.07, 6.45) is 5.74. The smallest absolute Gasteiger partial charge is 0.270 e. The van der Waals surface area contributed by atoms with E-state index in [4.69, 9.17) is 9.47 Å². The van der Waals surface area contributed by atoms with Crippen LogP contribution in [0.5, 0.6) is 11.5 Å². The molecule has 1 aliphatic rings. The van der Waals surface area contributed by atoms with E-state index in [0.717, 1.165) is 67.0 Å². The minimum absolute atomic E-state index is 0. The average molecular weight is 603 g/mol. The molecular formula is C29H33BrClN3O4. The van der Waals surface area contributed by atoms with Gasteiger partial charge in [-0.2, -0.15) is 0 Å². The zero-order valence-corrected chi connectivity index (χ0v) is 23.8. The van der Waals surface area contributed by atoms with Crippen LogP contribution in [-0.4, -0.2) is 56.3 Å². The van der Waals surface area contributed by atoms with Gasteiger partial charge in [-0.05, 0) is 49.2 Å². The molecule has 0 unspecified atom stereocenters. The van der Waals surface area contributed by atoms with E-state index < -0.39 is 0 Å². The fraction of sp³-hybridized carbons (Fsp3) is 0.310. The number of nitro benzene ring substituents is 1. The number of benzene rings is 3. The standard InChI is InChI=1S/C29H32BrN3O4.ClH/c1-36-29-11-5-4-10-27(29)32-19-17-31(18-20-32)16-6-7-21-37-28-15-14-25(33(34)35)22-24(28)13-12-23-8-2-3-9-26(23)30;/h2-5,8-15,22H,6-7,16-21H2,1H3;1H/b13-12+;. The molecule has 9 heteroatoms. The monoisotopic (exact) mass is 601 g/mol. The van der Waals surface area contributed by atoms with E-state index in [1.165, 1.54) is 6.07 Å². The molecule has 0 atom stereocenters. The number of halogens is 2. The van der Waals surface area contributed by atoms with Gasteiger partial charge in [-0.15, -0.1) is 12.4 Å². The molecule has 1 aliphatic heterocycles. The first-order valence-corrected chi connectivity index (χ1v) is 13.3. The van der Waals surface area contributed by atoms with Gasteiger partial charge >= 0.3 is 0 Å². The summed E-state index contributed by atoms with van der Waals surface area (Å²) in [6, 6.07) is 20.8. The Hall–Kier alpha value is -3.07. The predicted molar refractivity (Wildman–Crippen MR) is 160 cm³/mol. The highest BCUT2D eigenvalue weighted by molar-refractivity contribution is 9.10. The highest BCUT2D eigenvalue weighted by atomic mass is 79.9. The third-order valence-corrected chi connectivity index (χ3v) is 7.20. The normalized spacial score (nSPS) is 13.8. The molecule has 0 amide bonds. The van der Waals surface area contributed by atoms with Crippen molar-refractivity contribution in [3.63, 3.8) is 0 Å². The summed E-state index contributed by atoms with van der Waals surface area (Å²) < 4.78 is 12.5. The van der Waals surface area contributed by atoms with Crippen LogP contribution in [0.15, 0.2) is 71.2 Å². The van der Waals surface area contributed by atoms with E-state index in [1.807, 2.05) is 48.6 Å². The molecule has 0 aromatic heterocycles. The van der Waals surface area contributed by atoms with Crippen LogP contribution in [0.2, 0.25) is 0 Å². The largest absolute Gasteiger partial charge is 0.495 e. The van der Waals surface area contributed by atoms with E-state index in [1.54, 1.807) is 19.2 Å². The Morgan fingerprint density at radius 2 is 1.63 bits per heavy atom. The third-order valence-electron chi connectivity index (χ3n) is 6.48. The van der Waals surface area contributed by atoms with Crippen LogP contribution in [0.3, 0.4) is 0 Å². The minimum Gasteiger partial charge on any atom is -0.495 e. The lowest BCUT2D eigenvalue weighted by molar-refractivity contribution is -0.384. The Kier molecular flexibility index (Phi) is 11.5. The molecule has 4 rings (SSSR count). The molecule has 3 aromatic rings. The Balaban J connectivity index is 0.00000400. The minimum atomic E-state index is -0.382. The van der Waals surface area contributed by atoms with Gasteiger partial charge in [-0.25, -0.2) is 0 Å². The molecule has 38 heavy (non-hydrogen) atoms. The zero-order chi connectivity index (χ0) is 26.0. The summed E-state index contributed by atoms with van der Waals surface area (Å²) in [6.45, 7) is 5.59. The fourth-order valence-corrected chi connectivity index (χ4v) is 4.84. The lowest BCUT2D eigenvalue weighted by Crippen LogP contribution is -2.46. The number of para-hydroxylation sites is 2. The molecule has 1 fully saturated rings. The molecule has 7 nitrogen and oxygen atoms in total. The second-order valence-corrected chi connectivity index (χ2v) is 9.74. The number of hydrogen-bond donors (Lipinski definition) is 0. The van der Waals surface area contributed by atoms with Crippen molar-refractivity contribution in [3.8, 4) is 11.5 Å². The van der Waals surface area contributed by atoms with Crippen LogP contribution in [0, 0.1) is 10.1 Å². The molecular weight excluding hydrogens is 570 g/mol. The zero-order valence-electron chi connectivity index (χ0n) is 21.4. The maximum Gasteiger partial charge on any atom is 0.270 e. The summed E-state index contributed by atoms with van der Waals surface area (Å²) in [7, 11) is 1.72. The van der Waals surface area contributed by atoms with Crippen LogP contribution in [0.4, 0.5) is 11.4 Å². The van der Waals surface area contributed by atoms with Crippen molar-refractivity contribution < 1.29 is 14.4 Å². The van der Waals surface area contributed by atoms with Crippen molar-refractivity contribution in [2.75, 3.05) is 51.3 Å². The van der Waals surface area contributed by atoms with Gasteiger partial charge in [-0.3, -0.25) is 15.0 Å². The van der Waals surface area contributed by atoms with Crippen molar-refractivity contribution in [1.29, 1.82) is 0 Å². The lowest BCUT2D eigenvalue weighted by Gasteiger charge is -2.36. The molecule has 0 spiro atoms. The average Bonchev–Trinajstić information content (AvgIpc) is 2.93. The Bertz CT molecular complexity index is 1230. The molecule has 1 heterocycles. The van der Waals surface area contributed by atoms with Crippen molar-refractivity contribution in [2.24, 2.45) is 0 Å². The second-order valence-electron chi connectivity index (χ2n) is 8.89. The first-order valence-electron chi connectivity index (χ1n) is 12.5. The summed E-state index contributed by atoms with van der Waals surface area (Å²) in [4.78, 5) is 15.8. The fourth-order valence-electron chi connectivity index (χ4n) is 4.42. The molecule has 0 saturated carbocycles. The molecule has 202 valence electrons. The quantitative estimate of drug-likeness (QED) is 0.103. The van der Waals surface area contributed by atoms with Crippen molar-refractivity contribution in [1.82, 2.24) is 4.90 Å². The van der Waals surface area contributed by atoms with Gasteiger partial charge in [0.2, 0.25) is 0 Å². The number of methoxy groups -OCH3 is 1. The summed E-state index contributed by atoms with van der Waals surface area (Å²) >= 11 is 3.54. The van der Waals surface area contributed by atoms with Crippen molar-refractivity contribution in [3.05, 3.63) is 92.4 Å². The maximum atomic E-state index is 11.3. The van der Waals surface area contributed by atoms with Gasteiger partial charge in [0.15, 0.2) is 0 Å². The van der Waals surface area contributed by atoms with Crippen LogP contribution in [0.25, 0.3) is 12.2 Å². The van der Waals surface area contributed by atoms with Crippen molar-refractivity contribution >= 4 is 51.9 Å². The number of rotatable bonds is 11. The Morgan fingerprint density at radius 3 is 2.37 bits per heavy atom. The number of anilines is 1. The molecule has 0 aliphatic carbocycles. The van der Waals surface area contributed by atoms with Crippen molar-refractivity contribution in [2.45, 2.75) is 12.8 Å². The number of nitro groups is 1. The number of ether oxygens (including phenoxy) is 2. The Labute approximate surface area is 238 Å². The van der Waals surface area contributed by atoms with E-state index >= 15 is 0 Å². The molecule has 0 radical (unpaired) electrons. The van der Waals surface area contributed by atoms with Gasteiger partial charge in [0.05, 0.1) is 24.3 Å². The van der Waals surface area contributed by atoms with Gasteiger partial charge in [0, 0.05) is 48.3 Å². The molecule has 0 N–H and O–H groups in total. The summed E-state index contributed by atoms with van der Waals surface area (Å²) in [5.41, 5.74) is 2.89. The number of nitrogens with zero attached hydrogens (tertiary/aromatic N) is 3. The highest BCUT2D eigenvalue weighted by Gasteiger charge is 2.19. The highest BCUT2D eigenvalue weighted by Crippen LogP contribution is 2.29. The number of unbranched alkanes of at least 4 members (excludes halogenated alkanes) is 1. The van der Waals surface area contributed by atoms with E-state index in [-0.39, 0.29) is 23.0 Å². The summed E-state index contributed by atoms with van der Waals surface area (Å²) in [5.74, 6) is 1.57. The summed E-state index contributed by atoms with van der Waals surface area (Å²) in [5, 5.41) is 11.3. The molecule has 3 aromatic carbocycles. The topological polar surface area (TPSA) is 68.1 Å². The lowest BCUT2D eigenvalue weighted by atomic mass is 10.1. The van der Waals surface area contributed by atoms with Gasteiger partial charge < -0.3 is 14.4 Å². The molecule has 0 bridgehead atoms. The van der Waals surface area contributed by atoms with E-state index in [0.29, 0.717) is 17.9 Å². The Morgan fingerprint density at radius 1 is 0.921 bits per heavy atom.